The average molecular weight is 284 g/mol. The Morgan fingerprint density at radius 1 is 0.950 bits per heavy atom. The van der Waals surface area contributed by atoms with Crippen molar-refractivity contribution in [3.05, 3.63) is 59.2 Å². The third-order valence-electron chi connectivity index (χ3n) is 3.37. The van der Waals surface area contributed by atoms with Crippen LogP contribution < -0.4 is 10.6 Å². The lowest BCUT2D eigenvalue weighted by atomic mass is 10.1. The van der Waals surface area contributed by atoms with Gasteiger partial charge in [0.15, 0.2) is 5.11 Å². The number of aryl methyl sites for hydroxylation is 3. The first-order chi connectivity index (χ1) is 9.61. The van der Waals surface area contributed by atoms with E-state index in [4.69, 9.17) is 12.2 Å². The number of anilines is 2. The summed E-state index contributed by atoms with van der Waals surface area (Å²) in [5.41, 5.74) is 5.80. The van der Waals surface area contributed by atoms with Crippen LogP contribution in [-0.4, -0.2) is 5.11 Å². The van der Waals surface area contributed by atoms with Crippen LogP contribution in [0.4, 0.5) is 11.4 Å². The van der Waals surface area contributed by atoms with Crippen LogP contribution in [0.15, 0.2) is 42.5 Å². The molecule has 0 atom stereocenters. The molecule has 20 heavy (non-hydrogen) atoms. The van der Waals surface area contributed by atoms with Crippen molar-refractivity contribution in [3.8, 4) is 0 Å². The lowest BCUT2D eigenvalue weighted by Crippen LogP contribution is -2.21. The molecular weight excluding hydrogens is 264 g/mol. The van der Waals surface area contributed by atoms with E-state index in [-0.39, 0.29) is 0 Å². The molecule has 2 N–H and O–H groups in total. The normalized spacial score (nSPS) is 10.2. The quantitative estimate of drug-likeness (QED) is 0.801. The predicted molar refractivity (Wildman–Crippen MR) is 91.6 cm³/mol. The second-order valence-corrected chi connectivity index (χ2v) is 5.26. The molecular formula is C17H20N2S. The number of nitrogens with one attached hydrogen (secondary N) is 2. The van der Waals surface area contributed by atoms with E-state index in [9.17, 15) is 0 Å². The molecule has 0 aliphatic carbocycles. The molecule has 2 rings (SSSR count). The Morgan fingerprint density at radius 2 is 1.60 bits per heavy atom. The van der Waals surface area contributed by atoms with E-state index in [0.29, 0.717) is 5.11 Å². The predicted octanol–water partition coefficient (Wildman–Crippen LogP) is 4.67. The SMILES string of the molecule is CCc1ccccc1NC(=S)Nc1c(C)cccc1C. The molecule has 2 nitrogen and oxygen atoms in total. The van der Waals surface area contributed by atoms with Crippen molar-refractivity contribution >= 4 is 28.7 Å². The molecule has 0 saturated heterocycles. The monoisotopic (exact) mass is 284 g/mol. The minimum atomic E-state index is 0.628. The van der Waals surface area contributed by atoms with Gasteiger partial charge < -0.3 is 10.6 Å². The molecule has 0 aromatic heterocycles. The number of hydrogen-bond acceptors (Lipinski definition) is 1. The molecule has 0 saturated carbocycles. The molecule has 3 heteroatoms. The van der Waals surface area contributed by atoms with Gasteiger partial charge in [0.05, 0.1) is 0 Å². The number of para-hydroxylation sites is 2. The first-order valence-corrected chi connectivity index (χ1v) is 7.24. The molecule has 0 radical (unpaired) electrons. The van der Waals surface area contributed by atoms with Crippen molar-refractivity contribution in [2.45, 2.75) is 27.2 Å². The van der Waals surface area contributed by atoms with Gasteiger partial charge in [0, 0.05) is 11.4 Å². The second-order valence-electron chi connectivity index (χ2n) is 4.86. The molecule has 0 fully saturated rings. The van der Waals surface area contributed by atoms with Crippen LogP contribution in [0.1, 0.15) is 23.6 Å². The van der Waals surface area contributed by atoms with E-state index in [2.05, 4.69) is 61.7 Å². The van der Waals surface area contributed by atoms with Gasteiger partial charge in [0.25, 0.3) is 0 Å². The average Bonchev–Trinajstić information content (AvgIpc) is 2.44. The van der Waals surface area contributed by atoms with Gasteiger partial charge in [-0.05, 0) is 55.2 Å². The number of rotatable bonds is 3. The molecule has 0 spiro atoms. The summed E-state index contributed by atoms with van der Waals surface area (Å²) in [5.74, 6) is 0. The summed E-state index contributed by atoms with van der Waals surface area (Å²) in [6.07, 6.45) is 0.981. The number of thiocarbonyl (C=S) groups is 1. The molecule has 2 aromatic carbocycles. The van der Waals surface area contributed by atoms with Crippen LogP contribution in [0.25, 0.3) is 0 Å². The summed E-state index contributed by atoms with van der Waals surface area (Å²) >= 11 is 5.42. The van der Waals surface area contributed by atoms with Crippen molar-refractivity contribution in [3.63, 3.8) is 0 Å². The molecule has 104 valence electrons. The number of benzene rings is 2. The van der Waals surface area contributed by atoms with Gasteiger partial charge in [-0.25, -0.2) is 0 Å². The molecule has 0 aliphatic heterocycles. The van der Waals surface area contributed by atoms with E-state index in [1.807, 2.05) is 12.1 Å². The fourth-order valence-electron chi connectivity index (χ4n) is 2.23. The highest BCUT2D eigenvalue weighted by Crippen LogP contribution is 2.21. The van der Waals surface area contributed by atoms with Crippen LogP contribution in [0.3, 0.4) is 0 Å². The Bertz CT molecular complexity index is 600. The third kappa shape index (κ3) is 3.36. The molecule has 0 bridgehead atoms. The smallest absolute Gasteiger partial charge is 0.175 e. The maximum Gasteiger partial charge on any atom is 0.175 e. The maximum atomic E-state index is 5.42. The Hall–Kier alpha value is -1.87. The number of hydrogen-bond donors (Lipinski definition) is 2. The molecule has 2 aromatic rings. The Kier molecular flexibility index (Phi) is 4.74. The van der Waals surface area contributed by atoms with Crippen molar-refractivity contribution < 1.29 is 0 Å². The highest BCUT2D eigenvalue weighted by Gasteiger charge is 2.06. The molecule has 0 heterocycles. The molecule has 0 unspecified atom stereocenters. The fourth-order valence-corrected chi connectivity index (χ4v) is 2.44. The summed E-state index contributed by atoms with van der Waals surface area (Å²) in [7, 11) is 0. The van der Waals surface area contributed by atoms with E-state index in [1.165, 1.54) is 16.7 Å². The zero-order chi connectivity index (χ0) is 14.5. The standard InChI is InChI=1S/C17H20N2S/c1-4-14-10-5-6-11-15(14)18-17(20)19-16-12(2)8-7-9-13(16)3/h5-11H,4H2,1-3H3,(H2,18,19,20). The van der Waals surface area contributed by atoms with E-state index < -0.39 is 0 Å². The largest absolute Gasteiger partial charge is 0.332 e. The van der Waals surface area contributed by atoms with Crippen molar-refractivity contribution in [2.24, 2.45) is 0 Å². The highest BCUT2D eigenvalue weighted by atomic mass is 32.1. The van der Waals surface area contributed by atoms with Gasteiger partial charge in [0.1, 0.15) is 0 Å². The highest BCUT2D eigenvalue weighted by molar-refractivity contribution is 7.80. The van der Waals surface area contributed by atoms with Crippen LogP contribution in [0.5, 0.6) is 0 Å². The first kappa shape index (κ1) is 14.5. The van der Waals surface area contributed by atoms with Gasteiger partial charge >= 0.3 is 0 Å². The lowest BCUT2D eigenvalue weighted by molar-refractivity contribution is 1.14. The summed E-state index contributed by atoms with van der Waals surface area (Å²) in [4.78, 5) is 0. The van der Waals surface area contributed by atoms with E-state index >= 15 is 0 Å². The van der Waals surface area contributed by atoms with Crippen LogP contribution >= 0.6 is 12.2 Å². The van der Waals surface area contributed by atoms with Crippen LogP contribution in [0, 0.1) is 13.8 Å². The zero-order valence-electron chi connectivity index (χ0n) is 12.2. The summed E-state index contributed by atoms with van der Waals surface area (Å²) in [6, 6.07) is 14.4. The second kappa shape index (κ2) is 6.53. The first-order valence-electron chi connectivity index (χ1n) is 6.84. The summed E-state index contributed by atoms with van der Waals surface area (Å²) in [5, 5.41) is 7.21. The summed E-state index contributed by atoms with van der Waals surface area (Å²) in [6.45, 7) is 6.30. The Labute approximate surface area is 126 Å². The van der Waals surface area contributed by atoms with Crippen LogP contribution in [-0.2, 0) is 6.42 Å². The van der Waals surface area contributed by atoms with Crippen LogP contribution in [0.2, 0.25) is 0 Å². The lowest BCUT2D eigenvalue weighted by Gasteiger charge is -2.16. The van der Waals surface area contributed by atoms with E-state index in [1.54, 1.807) is 0 Å². The van der Waals surface area contributed by atoms with Gasteiger partial charge in [-0.15, -0.1) is 0 Å². The van der Waals surface area contributed by atoms with E-state index in [0.717, 1.165) is 17.8 Å². The zero-order valence-corrected chi connectivity index (χ0v) is 13.0. The van der Waals surface area contributed by atoms with Gasteiger partial charge in [-0.1, -0.05) is 43.3 Å². The minimum absolute atomic E-state index is 0.628. The molecule has 0 aliphatic rings. The Morgan fingerprint density at radius 3 is 2.25 bits per heavy atom. The van der Waals surface area contributed by atoms with Gasteiger partial charge in [-0.3, -0.25) is 0 Å². The minimum Gasteiger partial charge on any atom is -0.332 e. The van der Waals surface area contributed by atoms with Crippen molar-refractivity contribution in [1.82, 2.24) is 0 Å². The summed E-state index contributed by atoms with van der Waals surface area (Å²) < 4.78 is 0. The fraction of sp³-hybridized carbons (Fsp3) is 0.235. The van der Waals surface area contributed by atoms with Gasteiger partial charge in [-0.2, -0.15) is 0 Å². The Balaban J connectivity index is 2.13. The third-order valence-corrected chi connectivity index (χ3v) is 3.57. The topological polar surface area (TPSA) is 24.1 Å². The van der Waals surface area contributed by atoms with Gasteiger partial charge in [0.2, 0.25) is 0 Å². The maximum absolute atomic E-state index is 5.42. The van der Waals surface area contributed by atoms with Crippen molar-refractivity contribution in [1.29, 1.82) is 0 Å². The van der Waals surface area contributed by atoms with Crippen molar-refractivity contribution in [2.75, 3.05) is 10.6 Å². The molecule has 0 amide bonds.